The molecule has 4 rings (SSSR count). The molecule has 26 heavy (non-hydrogen) atoms. The zero-order valence-corrected chi connectivity index (χ0v) is 14.5. The SMILES string of the molecule is O=C(Nc1ccccc1Cc1ccccc1)[C@H]1COc2ccccc2C1. The minimum atomic E-state index is -0.172. The summed E-state index contributed by atoms with van der Waals surface area (Å²) in [5.41, 5.74) is 4.31. The van der Waals surface area contributed by atoms with Crippen LogP contribution in [-0.4, -0.2) is 12.5 Å². The van der Waals surface area contributed by atoms with Crippen LogP contribution in [-0.2, 0) is 17.6 Å². The molecule has 3 heteroatoms. The molecular formula is C23H21NO2. The molecule has 1 atom stereocenters. The van der Waals surface area contributed by atoms with Crippen LogP contribution in [0.3, 0.4) is 0 Å². The molecule has 0 fully saturated rings. The number of hydrogen-bond acceptors (Lipinski definition) is 2. The molecule has 0 spiro atoms. The molecule has 1 aliphatic heterocycles. The van der Waals surface area contributed by atoms with Gasteiger partial charge in [0.25, 0.3) is 0 Å². The monoisotopic (exact) mass is 343 g/mol. The van der Waals surface area contributed by atoms with Crippen LogP contribution in [0.15, 0.2) is 78.9 Å². The standard InChI is InChI=1S/C23H21NO2/c25-23(20-15-19-11-5-7-13-22(19)26-16-20)24-21-12-6-4-10-18(21)14-17-8-2-1-3-9-17/h1-13,20H,14-16H2,(H,24,25)/t20-/m1/s1. The second kappa shape index (κ2) is 7.44. The van der Waals surface area contributed by atoms with Crippen molar-refractivity contribution in [1.29, 1.82) is 0 Å². The summed E-state index contributed by atoms with van der Waals surface area (Å²) < 4.78 is 5.76. The normalized spacial score (nSPS) is 15.6. The van der Waals surface area contributed by atoms with Gasteiger partial charge < -0.3 is 10.1 Å². The molecule has 1 N–H and O–H groups in total. The molecule has 0 saturated heterocycles. The number of carbonyl (C=O) groups is 1. The van der Waals surface area contributed by atoms with Gasteiger partial charge in [-0.15, -0.1) is 0 Å². The average Bonchev–Trinajstić information content (AvgIpc) is 2.70. The van der Waals surface area contributed by atoms with Crippen LogP contribution < -0.4 is 10.1 Å². The summed E-state index contributed by atoms with van der Waals surface area (Å²) in [5, 5.41) is 3.11. The Hall–Kier alpha value is -3.07. The number of carbonyl (C=O) groups excluding carboxylic acids is 1. The maximum atomic E-state index is 12.8. The van der Waals surface area contributed by atoms with E-state index in [0.29, 0.717) is 13.0 Å². The first-order chi connectivity index (χ1) is 12.8. The number of ether oxygens (including phenoxy) is 1. The van der Waals surface area contributed by atoms with Crippen molar-refractivity contribution in [3.8, 4) is 5.75 Å². The van der Waals surface area contributed by atoms with Crippen molar-refractivity contribution in [1.82, 2.24) is 0 Å². The number of benzene rings is 3. The predicted octanol–water partition coefficient (Wildman–Crippen LogP) is 4.47. The molecule has 0 radical (unpaired) electrons. The fraction of sp³-hybridized carbons (Fsp3) is 0.174. The number of anilines is 1. The number of para-hydroxylation sites is 2. The molecule has 130 valence electrons. The molecule has 3 aromatic rings. The van der Waals surface area contributed by atoms with Crippen LogP contribution in [0, 0.1) is 5.92 Å². The van der Waals surface area contributed by atoms with Crippen LogP contribution in [0.2, 0.25) is 0 Å². The zero-order chi connectivity index (χ0) is 17.8. The van der Waals surface area contributed by atoms with Crippen molar-refractivity contribution in [3.63, 3.8) is 0 Å². The van der Waals surface area contributed by atoms with E-state index in [1.54, 1.807) is 0 Å². The Labute approximate surface area is 153 Å². The third-order valence-corrected chi connectivity index (χ3v) is 4.76. The number of fused-ring (bicyclic) bond motifs is 1. The number of rotatable bonds is 4. The summed E-state index contributed by atoms with van der Waals surface area (Å²) in [6, 6.07) is 26.2. The van der Waals surface area contributed by atoms with E-state index in [1.165, 1.54) is 5.56 Å². The maximum absolute atomic E-state index is 12.8. The highest BCUT2D eigenvalue weighted by Crippen LogP contribution is 2.28. The van der Waals surface area contributed by atoms with Gasteiger partial charge in [0.15, 0.2) is 0 Å². The van der Waals surface area contributed by atoms with Crippen molar-refractivity contribution in [2.45, 2.75) is 12.8 Å². The van der Waals surface area contributed by atoms with Gasteiger partial charge in [-0.3, -0.25) is 4.79 Å². The first kappa shape index (κ1) is 16.4. The molecule has 0 aromatic heterocycles. The van der Waals surface area contributed by atoms with E-state index in [9.17, 15) is 4.79 Å². The Kier molecular flexibility index (Phi) is 4.69. The van der Waals surface area contributed by atoms with E-state index >= 15 is 0 Å². The quantitative estimate of drug-likeness (QED) is 0.759. The molecule has 1 amide bonds. The van der Waals surface area contributed by atoms with Crippen molar-refractivity contribution in [2.24, 2.45) is 5.92 Å². The van der Waals surface area contributed by atoms with E-state index in [0.717, 1.165) is 29.0 Å². The van der Waals surface area contributed by atoms with Crippen LogP contribution >= 0.6 is 0 Å². The highest BCUT2D eigenvalue weighted by atomic mass is 16.5. The highest BCUT2D eigenvalue weighted by molar-refractivity contribution is 5.93. The van der Waals surface area contributed by atoms with Gasteiger partial charge in [-0.1, -0.05) is 66.7 Å². The average molecular weight is 343 g/mol. The van der Waals surface area contributed by atoms with Crippen molar-refractivity contribution >= 4 is 11.6 Å². The molecular weight excluding hydrogens is 322 g/mol. The van der Waals surface area contributed by atoms with Gasteiger partial charge >= 0.3 is 0 Å². The van der Waals surface area contributed by atoms with E-state index in [2.05, 4.69) is 23.5 Å². The number of nitrogens with one attached hydrogen (secondary N) is 1. The summed E-state index contributed by atoms with van der Waals surface area (Å²) in [7, 11) is 0. The smallest absolute Gasteiger partial charge is 0.231 e. The minimum absolute atomic E-state index is 0.0139. The van der Waals surface area contributed by atoms with Crippen LogP contribution in [0.25, 0.3) is 0 Å². The number of hydrogen-bond donors (Lipinski definition) is 1. The van der Waals surface area contributed by atoms with Crippen LogP contribution in [0.1, 0.15) is 16.7 Å². The lowest BCUT2D eigenvalue weighted by Crippen LogP contribution is -2.32. The van der Waals surface area contributed by atoms with Crippen molar-refractivity contribution in [3.05, 3.63) is 95.6 Å². The third-order valence-electron chi connectivity index (χ3n) is 4.76. The molecule has 1 heterocycles. The Balaban J connectivity index is 1.48. The first-order valence-corrected chi connectivity index (χ1v) is 8.93. The van der Waals surface area contributed by atoms with Gasteiger partial charge in [-0.2, -0.15) is 0 Å². The third kappa shape index (κ3) is 3.62. The number of amides is 1. The summed E-state index contributed by atoms with van der Waals surface area (Å²) in [5.74, 6) is 0.732. The van der Waals surface area contributed by atoms with Crippen molar-refractivity contribution in [2.75, 3.05) is 11.9 Å². The second-order valence-corrected chi connectivity index (χ2v) is 6.63. The fourth-order valence-electron chi connectivity index (χ4n) is 3.34. The highest BCUT2D eigenvalue weighted by Gasteiger charge is 2.26. The summed E-state index contributed by atoms with van der Waals surface area (Å²) >= 11 is 0. The van der Waals surface area contributed by atoms with Gasteiger partial charge in [-0.05, 0) is 41.7 Å². The molecule has 0 saturated carbocycles. The molecule has 3 aromatic carbocycles. The van der Waals surface area contributed by atoms with E-state index in [4.69, 9.17) is 4.74 Å². The summed E-state index contributed by atoms with van der Waals surface area (Å²) in [6.07, 6.45) is 1.50. The molecule has 3 nitrogen and oxygen atoms in total. The maximum Gasteiger partial charge on any atom is 0.231 e. The molecule has 0 aliphatic carbocycles. The van der Waals surface area contributed by atoms with E-state index in [1.807, 2.05) is 60.7 Å². The topological polar surface area (TPSA) is 38.3 Å². The van der Waals surface area contributed by atoms with Gasteiger partial charge in [-0.25, -0.2) is 0 Å². The Morgan fingerprint density at radius 1 is 0.923 bits per heavy atom. The fourth-order valence-corrected chi connectivity index (χ4v) is 3.34. The summed E-state index contributed by atoms with van der Waals surface area (Å²) in [6.45, 7) is 0.420. The lowest BCUT2D eigenvalue weighted by atomic mass is 9.95. The lowest BCUT2D eigenvalue weighted by Gasteiger charge is -2.25. The minimum Gasteiger partial charge on any atom is -0.492 e. The second-order valence-electron chi connectivity index (χ2n) is 6.63. The predicted molar refractivity (Wildman–Crippen MR) is 103 cm³/mol. The van der Waals surface area contributed by atoms with Gasteiger partial charge in [0, 0.05) is 5.69 Å². The Morgan fingerprint density at radius 2 is 1.65 bits per heavy atom. The molecule has 0 unspecified atom stereocenters. The summed E-state index contributed by atoms with van der Waals surface area (Å²) in [4.78, 5) is 12.8. The molecule has 0 bridgehead atoms. The lowest BCUT2D eigenvalue weighted by molar-refractivity contribution is -0.121. The Morgan fingerprint density at radius 3 is 2.54 bits per heavy atom. The van der Waals surface area contributed by atoms with Crippen molar-refractivity contribution < 1.29 is 9.53 Å². The largest absolute Gasteiger partial charge is 0.492 e. The first-order valence-electron chi connectivity index (χ1n) is 8.93. The van der Waals surface area contributed by atoms with Crippen LogP contribution in [0.4, 0.5) is 5.69 Å². The Bertz CT molecular complexity index is 905. The van der Waals surface area contributed by atoms with Crippen LogP contribution in [0.5, 0.6) is 5.75 Å². The van der Waals surface area contributed by atoms with Gasteiger partial charge in [0.2, 0.25) is 5.91 Å². The zero-order valence-electron chi connectivity index (χ0n) is 14.5. The van der Waals surface area contributed by atoms with E-state index in [-0.39, 0.29) is 11.8 Å². The van der Waals surface area contributed by atoms with E-state index < -0.39 is 0 Å². The molecule has 1 aliphatic rings. The van der Waals surface area contributed by atoms with Gasteiger partial charge in [0.05, 0.1) is 5.92 Å². The van der Waals surface area contributed by atoms with Gasteiger partial charge in [0.1, 0.15) is 12.4 Å².